The van der Waals surface area contributed by atoms with Gasteiger partial charge in [0.15, 0.2) is 0 Å². The second-order valence-corrected chi connectivity index (χ2v) is 7.25. The van der Waals surface area contributed by atoms with Crippen molar-refractivity contribution in [2.75, 3.05) is 14.2 Å². The maximum Gasteiger partial charge on any atom is 0.127 e. The predicted octanol–water partition coefficient (Wildman–Crippen LogP) is 5.46. The Morgan fingerprint density at radius 1 is 1.05 bits per heavy atom. The van der Waals surface area contributed by atoms with Crippen molar-refractivity contribution in [3.05, 3.63) is 46.2 Å². The molecule has 0 aliphatic rings. The van der Waals surface area contributed by atoms with Crippen LogP contribution in [-0.4, -0.2) is 14.2 Å². The summed E-state index contributed by atoms with van der Waals surface area (Å²) in [5.41, 5.74) is 1.11. The maximum atomic E-state index is 5.48. The zero-order chi connectivity index (χ0) is 14.1. The average Bonchev–Trinajstić information content (AvgIpc) is 3.07. The number of benzene rings is 1. The van der Waals surface area contributed by atoms with E-state index >= 15 is 0 Å². The zero-order valence-corrected chi connectivity index (χ0v) is 14.3. The lowest BCUT2D eigenvalue weighted by atomic mass is 10.1. The van der Waals surface area contributed by atoms with Crippen LogP contribution in [0.5, 0.6) is 11.5 Å². The van der Waals surface area contributed by atoms with E-state index < -0.39 is 0 Å². The molecule has 2 heterocycles. The Labute approximate surface area is 134 Å². The van der Waals surface area contributed by atoms with E-state index in [1.165, 1.54) is 14.3 Å². The predicted molar refractivity (Wildman–Crippen MR) is 90.0 cm³/mol. The van der Waals surface area contributed by atoms with Crippen LogP contribution in [0.25, 0.3) is 9.40 Å². The van der Waals surface area contributed by atoms with Crippen LogP contribution in [0.4, 0.5) is 0 Å². The highest BCUT2D eigenvalue weighted by Crippen LogP contribution is 2.43. The second-order valence-electron chi connectivity index (χ2n) is 4.27. The molecule has 2 aromatic heterocycles. The summed E-state index contributed by atoms with van der Waals surface area (Å²) in [6.45, 7) is 0. The maximum absolute atomic E-state index is 5.48. The Morgan fingerprint density at radius 2 is 1.90 bits per heavy atom. The molecule has 1 unspecified atom stereocenters. The third-order valence-electron chi connectivity index (χ3n) is 3.12. The monoisotopic (exact) mass is 368 g/mol. The van der Waals surface area contributed by atoms with E-state index in [-0.39, 0.29) is 4.83 Å². The summed E-state index contributed by atoms with van der Waals surface area (Å²) in [7, 11) is 3.35. The second kappa shape index (κ2) is 5.76. The van der Waals surface area contributed by atoms with Gasteiger partial charge in [-0.1, -0.05) is 22.0 Å². The quantitative estimate of drug-likeness (QED) is 0.568. The molecule has 3 rings (SSSR count). The summed E-state index contributed by atoms with van der Waals surface area (Å²) in [5.74, 6) is 1.64. The SMILES string of the molecule is COc1ccc(C(Br)c2cc3sccc3s2)c(OC)c1. The summed E-state index contributed by atoms with van der Waals surface area (Å²) in [4.78, 5) is 1.42. The van der Waals surface area contributed by atoms with Crippen molar-refractivity contribution >= 4 is 48.0 Å². The Hall–Kier alpha value is -1.04. The smallest absolute Gasteiger partial charge is 0.127 e. The Balaban J connectivity index is 2.00. The first-order chi connectivity index (χ1) is 9.72. The standard InChI is InChI=1S/C15H13BrO2S2/c1-17-9-3-4-10(11(7-9)18-2)15(16)14-8-13-12(20-14)5-6-19-13/h3-8,15H,1-2H3. The van der Waals surface area contributed by atoms with Crippen molar-refractivity contribution in [1.29, 1.82) is 0 Å². The number of hydrogen-bond acceptors (Lipinski definition) is 4. The minimum atomic E-state index is 0.132. The Morgan fingerprint density at radius 3 is 2.60 bits per heavy atom. The number of fused-ring (bicyclic) bond motifs is 1. The van der Waals surface area contributed by atoms with Crippen LogP contribution in [0.3, 0.4) is 0 Å². The van der Waals surface area contributed by atoms with Gasteiger partial charge in [0.2, 0.25) is 0 Å². The number of hydrogen-bond donors (Lipinski definition) is 0. The molecule has 0 amide bonds. The van der Waals surface area contributed by atoms with E-state index in [0.717, 1.165) is 17.1 Å². The van der Waals surface area contributed by atoms with Gasteiger partial charge in [0.25, 0.3) is 0 Å². The summed E-state index contributed by atoms with van der Waals surface area (Å²) in [6.07, 6.45) is 0. The molecular formula is C15H13BrO2S2. The van der Waals surface area contributed by atoms with Crippen molar-refractivity contribution in [2.45, 2.75) is 4.83 Å². The molecule has 1 atom stereocenters. The van der Waals surface area contributed by atoms with Crippen LogP contribution in [-0.2, 0) is 0 Å². The third-order valence-corrected chi connectivity index (χ3v) is 6.57. The molecule has 104 valence electrons. The Kier molecular flexibility index (Phi) is 4.01. The average molecular weight is 369 g/mol. The van der Waals surface area contributed by atoms with Crippen molar-refractivity contribution in [1.82, 2.24) is 0 Å². The van der Waals surface area contributed by atoms with Gasteiger partial charge in [-0.2, -0.15) is 0 Å². The molecule has 0 radical (unpaired) electrons. The highest BCUT2D eigenvalue weighted by Gasteiger charge is 2.18. The minimum absolute atomic E-state index is 0.132. The fourth-order valence-corrected chi connectivity index (χ4v) is 5.00. The fourth-order valence-electron chi connectivity index (χ4n) is 2.09. The first kappa shape index (κ1) is 13.9. The van der Waals surface area contributed by atoms with Crippen molar-refractivity contribution in [3.63, 3.8) is 0 Å². The summed E-state index contributed by atoms with van der Waals surface area (Å²) >= 11 is 7.38. The number of ether oxygens (including phenoxy) is 2. The molecule has 0 aliphatic heterocycles. The van der Waals surface area contributed by atoms with Crippen LogP contribution < -0.4 is 9.47 Å². The largest absolute Gasteiger partial charge is 0.497 e. The lowest BCUT2D eigenvalue weighted by molar-refractivity contribution is 0.391. The normalized spacial score (nSPS) is 12.6. The van der Waals surface area contributed by atoms with Gasteiger partial charge < -0.3 is 9.47 Å². The molecule has 20 heavy (non-hydrogen) atoms. The molecule has 0 bridgehead atoms. The topological polar surface area (TPSA) is 18.5 Å². The van der Waals surface area contributed by atoms with E-state index in [0.29, 0.717) is 0 Å². The summed E-state index contributed by atoms with van der Waals surface area (Å²) in [5, 5.41) is 2.13. The van der Waals surface area contributed by atoms with E-state index in [1.54, 1.807) is 25.6 Å². The molecule has 2 nitrogen and oxygen atoms in total. The molecular weight excluding hydrogens is 356 g/mol. The minimum Gasteiger partial charge on any atom is -0.497 e. The van der Waals surface area contributed by atoms with Crippen LogP contribution in [0.1, 0.15) is 15.3 Å². The zero-order valence-electron chi connectivity index (χ0n) is 11.1. The highest BCUT2D eigenvalue weighted by molar-refractivity contribution is 9.09. The first-order valence-electron chi connectivity index (χ1n) is 6.06. The number of rotatable bonds is 4. The molecule has 0 N–H and O–H groups in total. The molecule has 0 saturated carbocycles. The third kappa shape index (κ3) is 2.45. The van der Waals surface area contributed by atoms with Crippen LogP contribution in [0, 0.1) is 0 Å². The van der Waals surface area contributed by atoms with E-state index in [4.69, 9.17) is 9.47 Å². The molecule has 0 aliphatic carbocycles. The summed E-state index contributed by atoms with van der Waals surface area (Å²) in [6, 6.07) is 10.3. The lowest BCUT2D eigenvalue weighted by Crippen LogP contribution is -1.96. The van der Waals surface area contributed by atoms with Gasteiger partial charge in [-0.05, 0) is 23.6 Å². The van der Waals surface area contributed by atoms with Crippen LogP contribution in [0.2, 0.25) is 0 Å². The molecule has 0 fully saturated rings. The molecule has 5 heteroatoms. The number of halogens is 1. The number of methoxy groups -OCH3 is 2. The molecule has 0 spiro atoms. The fraction of sp³-hybridized carbons (Fsp3) is 0.200. The summed E-state index contributed by atoms with van der Waals surface area (Å²) < 4.78 is 13.4. The van der Waals surface area contributed by atoms with Gasteiger partial charge in [-0.15, -0.1) is 22.7 Å². The van der Waals surface area contributed by atoms with Crippen LogP contribution >= 0.6 is 38.6 Å². The highest BCUT2D eigenvalue weighted by atomic mass is 79.9. The van der Waals surface area contributed by atoms with E-state index in [1.807, 2.05) is 29.5 Å². The van der Waals surface area contributed by atoms with E-state index in [2.05, 4.69) is 33.4 Å². The van der Waals surface area contributed by atoms with Gasteiger partial charge in [-0.25, -0.2) is 0 Å². The molecule has 1 aromatic carbocycles. The van der Waals surface area contributed by atoms with Gasteiger partial charge in [0, 0.05) is 25.9 Å². The number of thiophene rings is 2. The van der Waals surface area contributed by atoms with Crippen LogP contribution in [0.15, 0.2) is 35.7 Å². The van der Waals surface area contributed by atoms with Crippen molar-refractivity contribution in [3.8, 4) is 11.5 Å². The molecule has 0 saturated heterocycles. The van der Waals surface area contributed by atoms with E-state index in [9.17, 15) is 0 Å². The van der Waals surface area contributed by atoms with Gasteiger partial charge in [0.05, 0.1) is 19.0 Å². The van der Waals surface area contributed by atoms with Crippen molar-refractivity contribution < 1.29 is 9.47 Å². The van der Waals surface area contributed by atoms with Gasteiger partial charge >= 0.3 is 0 Å². The Bertz CT molecular complexity index is 704. The lowest BCUT2D eigenvalue weighted by Gasteiger charge is -2.14. The van der Waals surface area contributed by atoms with Crippen molar-refractivity contribution in [2.24, 2.45) is 0 Å². The first-order valence-corrected chi connectivity index (χ1v) is 8.67. The molecule has 3 aromatic rings. The van der Waals surface area contributed by atoms with Gasteiger partial charge in [0.1, 0.15) is 11.5 Å². The number of alkyl halides is 1. The van der Waals surface area contributed by atoms with Gasteiger partial charge in [-0.3, -0.25) is 0 Å².